The molecular formula is C13H10BrClN2O. The van der Waals surface area contributed by atoms with Gasteiger partial charge < -0.3 is 11.1 Å². The van der Waals surface area contributed by atoms with Crippen molar-refractivity contribution in [1.82, 2.24) is 0 Å². The first-order chi connectivity index (χ1) is 8.56. The molecule has 0 atom stereocenters. The second kappa shape index (κ2) is 5.42. The van der Waals surface area contributed by atoms with Crippen LogP contribution in [0.2, 0.25) is 5.02 Å². The van der Waals surface area contributed by atoms with Crippen molar-refractivity contribution in [1.29, 1.82) is 0 Å². The lowest BCUT2D eigenvalue weighted by Crippen LogP contribution is -2.11. The van der Waals surface area contributed by atoms with E-state index in [0.29, 0.717) is 22.0 Å². The summed E-state index contributed by atoms with van der Waals surface area (Å²) in [5.41, 5.74) is 7.37. The average molecular weight is 326 g/mol. The Balaban J connectivity index is 2.16. The van der Waals surface area contributed by atoms with Crippen molar-refractivity contribution in [2.45, 2.75) is 0 Å². The number of carbonyl (C=O) groups is 1. The van der Waals surface area contributed by atoms with E-state index in [1.807, 2.05) is 0 Å². The molecule has 0 unspecified atom stereocenters. The third kappa shape index (κ3) is 3.03. The number of hydrogen-bond donors (Lipinski definition) is 2. The maximum atomic E-state index is 11.9. The Morgan fingerprint density at radius 3 is 2.44 bits per heavy atom. The van der Waals surface area contributed by atoms with E-state index < -0.39 is 0 Å². The molecule has 2 aromatic rings. The third-order valence-corrected chi connectivity index (χ3v) is 3.58. The van der Waals surface area contributed by atoms with Crippen molar-refractivity contribution in [3.8, 4) is 0 Å². The van der Waals surface area contributed by atoms with Gasteiger partial charge in [0.15, 0.2) is 0 Å². The van der Waals surface area contributed by atoms with Crippen molar-refractivity contribution in [2.24, 2.45) is 0 Å². The molecule has 0 spiro atoms. The fourth-order valence-electron chi connectivity index (χ4n) is 1.41. The van der Waals surface area contributed by atoms with Crippen LogP contribution in [0.5, 0.6) is 0 Å². The standard InChI is InChI=1S/C13H10BrClN2O/c14-11-6-5-10(7-12(11)15)17-13(18)8-1-3-9(16)4-2-8/h1-7H,16H2,(H,17,18). The van der Waals surface area contributed by atoms with Crippen molar-refractivity contribution in [3.05, 3.63) is 57.5 Å². The van der Waals surface area contributed by atoms with E-state index in [0.717, 1.165) is 4.47 Å². The first-order valence-electron chi connectivity index (χ1n) is 5.18. The van der Waals surface area contributed by atoms with Gasteiger partial charge in [0.05, 0.1) is 5.02 Å². The van der Waals surface area contributed by atoms with Crippen LogP contribution in [0.25, 0.3) is 0 Å². The summed E-state index contributed by atoms with van der Waals surface area (Å²) in [6.07, 6.45) is 0. The molecule has 0 bridgehead atoms. The van der Waals surface area contributed by atoms with Gasteiger partial charge in [-0.3, -0.25) is 4.79 Å². The fraction of sp³-hybridized carbons (Fsp3) is 0. The number of anilines is 2. The maximum Gasteiger partial charge on any atom is 0.255 e. The van der Waals surface area contributed by atoms with E-state index in [1.54, 1.807) is 42.5 Å². The van der Waals surface area contributed by atoms with Crippen LogP contribution >= 0.6 is 27.5 Å². The molecule has 0 heterocycles. The predicted octanol–water partition coefficient (Wildman–Crippen LogP) is 3.94. The Kier molecular flexibility index (Phi) is 3.89. The molecule has 92 valence electrons. The monoisotopic (exact) mass is 324 g/mol. The van der Waals surface area contributed by atoms with Crippen molar-refractivity contribution in [3.63, 3.8) is 0 Å². The minimum Gasteiger partial charge on any atom is -0.399 e. The van der Waals surface area contributed by atoms with Gasteiger partial charge >= 0.3 is 0 Å². The summed E-state index contributed by atoms with van der Waals surface area (Å²) in [5, 5.41) is 3.31. The predicted molar refractivity (Wildman–Crippen MR) is 78.0 cm³/mol. The smallest absolute Gasteiger partial charge is 0.255 e. The highest BCUT2D eigenvalue weighted by molar-refractivity contribution is 9.10. The summed E-state index contributed by atoms with van der Waals surface area (Å²) in [5.74, 6) is -0.201. The summed E-state index contributed by atoms with van der Waals surface area (Å²) >= 11 is 9.24. The minimum absolute atomic E-state index is 0.201. The molecule has 0 aliphatic rings. The molecule has 0 aromatic heterocycles. The molecule has 5 heteroatoms. The second-order valence-corrected chi connectivity index (χ2v) is 4.97. The van der Waals surface area contributed by atoms with E-state index in [1.165, 1.54) is 0 Å². The van der Waals surface area contributed by atoms with Crippen LogP contribution in [-0.2, 0) is 0 Å². The van der Waals surface area contributed by atoms with Gasteiger partial charge in [0.2, 0.25) is 0 Å². The lowest BCUT2D eigenvalue weighted by Gasteiger charge is -2.06. The number of carbonyl (C=O) groups excluding carboxylic acids is 1. The molecule has 2 rings (SSSR count). The normalized spacial score (nSPS) is 10.1. The Bertz CT molecular complexity index is 584. The van der Waals surface area contributed by atoms with Crippen LogP contribution in [-0.4, -0.2) is 5.91 Å². The number of amides is 1. The summed E-state index contributed by atoms with van der Waals surface area (Å²) in [4.78, 5) is 11.9. The number of nitrogens with two attached hydrogens (primary N) is 1. The van der Waals surface area contributed by atoms with Crippen LogP contribution in [0.4, 0.5) is 11.4 Å². The third-order valence-electron chi connectivity index (χ3n) is 2.35. The van der Waals surface area contributed by atoms with Gasteiger partial charge in [0, 0.05) is 21.4 Å². The molecule has 0 fully saturated rings. The van der Waals surface area contributed by atoms with E-state index in [4.69, 9.17) is 17.3 Å². The highest BCUT2D eigenvalue weighted by Gasteiger charge is 2.06. The van der Waals surface area contributed by atoms with Gasteiger partial charge in [-0.1, -0.05) is 11.6 Å². The largest absolute Gasteiger partial charge is 0.399 e. The van der Waals surface area contributed by atoms with E-state index in [2.05, 4.69) is 21.2 Å². The SMILES string of the molecule is Nc1ccc(C(=O)Nc2ccc(Br)c(Cl)c2)cc1. The van der Waals surface area contributed by atoms with Crippen LogP contribution in [0.1, 0.15) is 10.4 Å². The summed E-state index contributed by atoms with van der Waals surface area (Å²) in [7, 11) is 0. The Morgan fingerprint density at radius 1 is 1.17 bits per heavy atom. The first-order valence-corrected chi connectivity index (χ1v) is 6.35. The molecular weight excluding hydrogens is 316 g/mol. The van der Waals surface area contributed by atoms with Gasteiger partial charge in [0.25, 0.3) is 5.91 Å². The number of benzene rings is 2. The topological polar surface area (TPSA) is 55.1 Å². The second-order valence-electron chi connectivity index (χ2n) is 3.71. The Hall–Kier alpha value is -1.52. The van der Waals surface area contributed by atoms with E-state index in [9.17, 15) is 4.79 Å². The molecule has 0 aliphatic carbocycles. The Labute approximate surface area is 118 Å². The van der Waals surface area contributed by atoms with Gasteiger partial charge in [0.1, 0.15) is 0 Å². The summed E-state index contributed by atoms with van der Waals surface area (Å²) < 4.78 is 0.787. The Morgan fingerprint density at radius 2 is 1.83 bits per heavy atom. The zero-order chi connectivity index (χ0) is 13.1. The maximum absolute atomic E-state index is 11.9. The number of nitrogen functional groups attached to an aromatic ring is 1. The van der Waals surface area contributed by atoms with Gasteiger partial charge in [-0.15, -0.1) is 0 Å². The lowest BCUT2D eigenvalue weighted by molar-refractivity contribution is 0.102. The molecule has 0 radical (unpaired) electrons. The molecule has 3 nitrogen and oxygen atoms in total. The zero-order valence-electron chi connectivity index (χ0n) is 9.28. The van der Waals surface area contributed by atoms with Crippen molar-refractivity contribution in [2.75, 3.05) is 11.1 Å². The van der Waals surface area contributed by atoms with Crippen LogP contribution in [0, 0.1) is 0 Å². The lowest BCUT2D eigenvalue weighted by atomic mass is 10.2. The zero-order valence-corrected chi connectivity index (χ0v) is 11.6. The number of nitrogens with one attached hydrogen (secondary N) is 1. The molecule has 0 saturated carbocycles. The first kappa shape index (κ1) is 12.9. The summed E-state index contributed by atoms with van der Waals surface area (Å²) in [6, 6.07) is 11.9. The van der Waals surface area contributed by atoms with Crippen LogP contribution < -0.4 is 11.1 Å². The van der Waals surface area contributed by atoms with Gasteiger partial charge in [-0.25, -0.2) is 0 Å². The molecule has 1 amide bonds. The quantitative estimate of drug-likeness (QED) is 0.822. The fourth-order valence-corrected chi connectivity index (χ4v) is 1.84. The van der Waals surface area contributed by atoms with E-state index in [-0.39, 0.29) is 5.91 Å². The van der Waals surface area contributed by atoms with Gasteiger partial charge in [-0.2, -0.15) is 0 Å². The van der Waals surface area contributed by atoms with Crippen molar-refractivity contribution < 1.29 is 4.79 Å². The molecule has 0 saturated heterocycles. The van der Waals surface area contributed by atoms with E-state index >= 15 is 0 Å². The number of rotatable bonds is 2. The van der Waals surface area contributed by atoms with Crippen LogP contribution in [0.3, 0.4) is 0 Å². The molecule has 18 heavy (non-hydrogen) atoms. The number of halogens is 2. The number of hydrogen-bond acceptors (Lipinski definition) is 2. The van der Waals surface area contributed by atoms with Crippen LogP contribution in [0.15, 0.2) is 46.9 Å². The average Bonchev–Trinajstić information content (AvgIpc) is 2.34. The highest BCUT2D eigenvalue weighted by Crippen LogP contribution is 2.25. The summed E-state index contributed by atoms with van der Waals surface area (Å²) in [6.45, 7) is 0. The molecule has 0 aliphatic heterocycles. The minimum atomic E-state index is -0.201. The van der Waals surface area contributed by atoms with Gasteiger partial charge in [-0.05, 0) is 58.4 Å². The highest BCUT2D eigenvalue weighted by atomic mass is 79.9. The molecule has 2 aromatic carbocycles. The van der Waals surface area contributed by atoms with Crippen molar-refractivity contribution >= 4 is 44.8 Å². The molecule has 3 N–H and O–H groups in total.